The number of amides is 1. The van der Waals surface area contributed by atoms with Crippen molar-refractivity contribution in [2.24, 2.45) is 5.92 Å². The van der Waals surface area contributed by atoms with Crippen molar-refractivity contribution in [2.45, 2.75) is 39.0 Å². The quantitative estimate of drug-likeness (QED) is 0.814. The van der Waals surface area contributed by atoms with Gasteiger partial charge in [0.2, 0.25) is 5.91 Å². The van der Waals surface area contributed by atoms with Crippen molar-refractivity contribution in [3.05, 3.63) is 29.8 Å². The lowest BCUT2D eigenvalue weighted by Crippen LogP contribution is -2.38. The molecule has 4 nitrogen and oxygen atoms in total. The van der Waals surface area contributed by atoms with Gasteiger partial charge in [-0.3, -0.25) is 4.79 Å². The van der Waals surface area contributed by atoms with Gasteiger partial charge in [0.1, 0.15) is 5.75 Å². The van der Waals surface area contributed by atoms with Crippen LogP contribution in [0.1, 0.15) is 44.6 Å². The Morgan fingerprint density at radius 3 is 2.77 bits per heavy atom. The Hall–Kier alpha value is -1.55. The Morgan fingerprint density at radius 2 is 2.14 bits per heavy atom. The summed E-state index contributed by atoms with van der Waals surface area (Å²) in [6, 6.07) is 8.11. The van der Waals surface area contributed by atoms with Gasteiger partial charge in [-0.25, -0.2) is 0 Å². The molecular formula is C18H28N2O2. The highest BCUT2D eigenvalue weighted by Crippen LogP contribution is 2.18. The molecule has 0 aliphatic carbocycles. The Kier molecular flexibility index (Phi) is 6.72. The molecule has 4 heteroatoms. The van der Waals surface area contributed by atoms with Gasteiger partial charge in [0, 0.05) is 6.54 Å². The molecule has 0 spiro atoms. The van der Waals surface area contributed by atoms with Crippen LogP contribution in [0.3, 0.4) is 0 Å². The van der Waals surface area contributed by atoms with Crippen LogP contribution in [0.5, 0.6) is 5.75 Å². The van der Waals surface area contributed by atoms with Gasteiger partial charge in [-0.1, -0.05) is 26.0 Å². The number of ether oxygens (including phenoxy) is 1. The lowest BCUT2D eigenvalue weighted by atomic mass is 10.00. The van der Waals surface area contributed by atoms with Crippen molar-refractivity contribution in [1.82, 2.24) is 10.6 Å². The molecule has 1 saturated heterocycles. The molecule has 1 aromatic rings. The van der Waals surface area contributed by atoms with E-state index in [2.05, 4.69) is 36.6 Å². The van der Waals surface area contributed by atoms with E-state index in [1.807, 2.05) is 12.1 Å². The van der Waals surface area contributed by atoms with Gasteiger partial charge in [-0.2, -0.15) is 0 Å². The first-order valence-electron chi connectivity index (χ1n) is 8.35. The Balaban J connectivity index is 1.61. The van der Waals surface area contributed by atoms with Crippen LogP contribution >= 0.6 is 0 Å². The molecule has 1 aliphatic rings. The maximum atomic E-state index is 11.8. The fourth-order valence-corrected chi connectivity index (χ4v) is 2.66. The zero-order valence-electron chi connectivity index (χ0n) is 13.7. The largest absolute Gasteiger partial charge is 0.493 e. The maximum Gasteiger partial charge on any atom is 0.223 e. The minimum absolute atomic E-state index is 0.0735. The molecule has 22 heavy (non-hydrogen) atoms. The second-order valence-electron chi connectivity index (χ2n) is 6.34. The molecule has 2 rings (SSSR count). The van der Waals surface area contributed by atoms with Gasteiger partial charge in [-0.15, -0.1) is 0 Å². The van der Waals surface area contributed by atoms with Crippen LogP contribution in [0, 0.1) is 5.92 Å². The summed E-state index contributed by atoms with van der Waals surface area (Å²) < 4.78 is 5.63. The first-order valence-corrected chi connectivity index (χ1v) is 8.35. The zero-order chi connectivity index (χ0) is 15.8. The molecule has 1 atom stereocenters. The molecule has 1 amide bonds. The van der Waals surface area contributed by atoms with Crippen molar-refractivity contribution in [3.63, 3.8) is 0 Å². The number of piperidine rings is 1. The van der Waals surface area contributed by atoms with Crippen LogP contribution in [-0.4, -0.2) is 32.1 Å². The molecule has 0 saturated carbocycles. The van der Waals surface area contributed by atoms with Gasteiger partial charge < -0.3 is 15.4 Å². The molecular weight excluding hydrogens is 276 g/mol. The molecule has 1 aromatic carbocycles. The van der Waals surface area contributed by atoms with Gasteiger partial charge in [0.25, 0.3) is 0 Å². The number of rotatable bonds is 7. The van der Waals surface area contributed by atoms with E-state index in [1.165, 1.54) is 18.4 Å². The molecule has 0 aromatic heterocycles. The fourth-order valence-electron chi connectivity index (χ4n) is 2.66. The summed E-state index contributed by atoms with van der Waals surface area (Å²) in [6.07, 6.45) is 2.81. The van der Waals surface area contributed by atoms with Gasteiger partial charge >= 0.3 is 0 Å². The predicted octanol–water partition coefficient (Wildman–Crippen LogP) is 2.69. The van der Waals surface area contributed by atoms with Crippen molar-refractivity contribution >= 4 is 5.91 Å². The fraction of sp³-hybridized carbons (Fsp3) is 0.611. The average Bonchev–Trinajstić information content (AvgIpc) is 2.54. The molecule has 1 aliphatic heterocycles. The summed E-state index contributed by atoms with van der Waals surface area (Å²) in [7, 11) is 0. The van der Waals surface area contributed by atoms with Crippen molar-refractivity contribution in [3.8, 4) is 5.75 Å². The average molecular weight is 304 g/mol. The Labute approximate surface area is 133 Å². The highest BCUT2D eigenvalue weighted by Gasteiger charge is 2.13. The SMILES string of the molecule is CC(C)c1ccc(OCCC(=O)NCC2CCCNC2)cc1. The molecule has 1 unspecified atom stereocenters. The highest BCUT2D eigenvalue weighted by molar-refractivity contribution is 5.75. The van der Waals surface area contributed by atoms with E-state index < -0.39 is 0 Å². The smallest absolute Gasteiger partial charge is 0.223 e. The van der Waals surface area contributed by atoms with Crippen molar-refractivity contribution in [2.75, 3.05) is 26.2 Å². The van der Waals surface area contributed by atoms with Crippen molar-refractivity contribution in [1.29, 1.82) is 0 Å². The van der Waals surface area contributed by atoms with E-state index in [4.69, 9.17) is 4.74 Å². The normalized spacial score (nSPS) is 18.2. The third-order valence-corrected chi connectivity index (χ3v) is 4.13. The maximum absolute atomic E-state index is 11.8. The van der Waals surface area contributed by atoms with Crippen LogP contribution in [0.15, 0.2) is 24.3 Å². The molecule has 2 N–H and O–H groups in total. The second kappa shape index (κ2) is 8.79. The second-order valence-corrected chi connectivity index (χ2v) is 6.34. The van der Waals surface area contributed by atoms with Crippen LogP contribution in [-0.2, 0) is 4.79 Å². The summed E-state index contributed by atoms with van der Waals surface area (Å²) in [5, 5.41) is 6.36. The van der Waals surface area contributed by atoms with E-state index in [0.717, 1.165) is 25.4 Å². The summed E-state index contributed by atoms with van der Waals surface area (Å²) in [5.41, 5.74) is 1.30. The number of carbonyl (C=O) groups is 1. The number of carbonyl (C=O) groups excluding carboxylic acids is 1. The van der Waals surface area contributed by atoms with Gasteiger partial charge in [0.05, 0.1) is 13.0 Å². The predicted molar refractivity (Wildman–Crippen MR) is 89.2 cm³/mol. The molecule has 122 valence electrons. The minimum atomic E-state index is 0.0735. The first kappa shape index (κ1) is 16.8. The van der Waals surface area contributed by atoms with Gasteiger partial charge in [0.15, 0.2) is 0 Å². The Bertz CT molecular complexity index is 451. The summed E-state index contributed by atoms with van der Waals surface area (Å²) >= 11 is 0. The van der Waals surface area contributed by atoms with Crippen LogP contribution in [0.4, 0.5) is 0 Å². The monoisotopic (exact) mass is 304 g/mol. The summed E-state index contributed by atoms with van der Waals surface area (Å²) in [5.74, 6) is 1.99. The van der Waals surface area contributed by atoms with Crippen LogP contribution in [0.2, 0.25) is 0 Å². The van der Waals surface area contributed by atoms with Crippen LogP contribution in [0.25, 0.3) is 0 Å². The summed E-state index contributed by atoms with van der Waals surface area (Å²) in [4.78, 5) is 11.8. The number of nitrogens with one attached hydrogen (secondary N) is 2. The number of hydrogen-bond donors (Lipinski definition) is 2. The minimum Gasteiger partial charge on any atom is -0.493 e. The topological polar surface area (TPSA) is 50.4 Å². The molecule has 0 bridgehead atoms. The van der Waals surface area contributed by atoms with E-state index in [-0.39, 0.29) is 5.91 Å². The highest BCUT2D eigenvalue weighted by atomic mass is 16.5. The third-order valence-electron chi connectivity index (χ3n) is 4.13. The number of benzene rings is 1. The van der Waals surface area contributed by atoms with E-state index in [1.54, 1.807) is 0 Å². The van der Waals surface area contributed by atoms with E-state index >= 15 is 0 Å². The standard InChI is InChI=1S/C18H28N2O2/c1-14(2)16-5-7-17(8-6-16)22-11-9-18(21)20-13-15-4-3-10-19-12-15/h5-8,14-15,19H,3-4,9-13H2,1-2H3,(H,20,21). The summed E-state index contributed by atoms with van der Waals surface area (Å²) in [6.45, 7) is 7.65. The number of hydrogen-bond acceptors (Lipinski definition) is 3. The molecule has 0 radical (unpaired) electrons. The Morgan fingerprint density at radius 1 is 1.36 bits per heavy atom. The van der Waals surface area contributed by atoms with Gasteiger partial charge in [-0.05, 0) is 55.5 Å². The van der Waals surface area contributed by atoms with Crippen molar-refractivity contribution < 1.29 is 9.53 Å². The lowest BCUT2D eigenvalue weighted by Gasteiger charge is -2.22. The zero-order valence-corrected chi connectivity index (χ0v) is 13.7. The third kappa shape index (κ3) is 5.68. The van der Waals surface area contributed by atoms with Crippen LogP contribution < -0.4 is 15.4 Å². The lowest BCUT2D eigenvalue weighted by molar-refractivity contribution is -0.121. The molecule has 1 heterocycles. The van der Waals surface area contributed by atoms with E-state index in [9.17, 15) is 4.79 Å². The first-order chi connectivity index (χ1) is 10.6. The molecule has 1 fully saturated rings. The van der Waals surface area contributed by atoms with E-state index in [0.29, 0.717) is 24.9 Å².